The summed E-state index contributed by atoms with van der Waals surface area (Å²) in [5.74, 6) is 0.230. The van der Waals surface area contributed by atoms with Crippen molar-refractivity contribution in [3.8, 4) is 0 Å². The zero-order valence-corrected chi connectivity index (χ0v) is 15.5. The van der Waals surface area contributed by atoms with Gasteiger partial charge in [-0.15, -0.1) is 11.8 Å². The van der Waals surface area contributed by atoms with Crippen LogP contribution in [0.4, 0.5) is 0 Å². The number of carboxylic acids is 1. The van der Waals surface area contributed by atoms with Crippen molar-refractivity contribution in [1.82, 2.24) is 15.0 Å². The largest absolute Gasteiger partial charge is 0.481 e. The van der Waals surface area contributed by atoms with E-state index in [2.05, 4.69) is 10.1 Å². The van der Waals surface area contributed by atoms with Gasteiger partial charge in [-0.25, -0.2) is 0 Å². The summed E-state index contributed by atoms with van der Waals surface area (Å²) in [5, 5.41) is 13.1. The Balaban J connectivity index is 1.75. The molecule has 2 heterocycles. The molecule has 7 nitrogen and oxygen atoms in total. The number of benzene rings is 1. The third-order valence-corrected chi connectivity index (χ3v) is 5.39. The zero-order valence-electron chi connectivity index (χ0n) is 14.7. The van der Waals surface area contributed by atoms with Crippen LogP contribution in [0.15, 0.2) is 33.7 Å². The summed E-state index contributed by atoms with van der Waals surface area (Å²) < 4.78 is 5.11. The van der Waals surface area contributed by atoms with E-state index in [1.165, 1.54) is 11.8 Å². The first-order valence-electron chi connectivity index (χ1n) is 8.47. The molecule has 2 aromatic rings. The number of piperidine rings is 1. The van der Waals surface area contributed by atoms with Gasteiger partial charge in [0.2, 0.25) is 5.89 Å². The van der Waals surface area contributed by atoms with E-state index in [1.807, 2.05) is 25.1 Å². The van der Waals surface area contributed by atoms with Crippen molar-refractivity contribution in [2.45, 2.75) is 30.9 Å². The number of rotatable bonds is 5. The van der Waals surface area contributed by atoms with Crippen LogP contribution in [0.2, 0.25) is 0 Å². The van der Waals surface area contributed by atoms with Gasteiger partial charge < -0.3 is 14.5 Å². The first kappa shape index (κ1) is 18.4. The van der Waals surface area contributed by atoms with E-state index in [0.717, 1.165) is 4.90 Å². The lowest BCUT2D eigenvalue weighted by Crippen LogP contribution is -2.45. The minimum absolute atomic E-state index is 0.132. The number of hydrogen-bond acceptors (Lipinski definition) is 6. The van der Waals surface area contributed by atoms with Gasteiger partial charge >= 0.3 is 5.97 Å². The molecule has 0 saturated carbocycles. The molecule has 2 atom stereocenters. The minimum atomic E-state index is -0.844. The average molecular weight is 375 g/mol. The van der Waals surface area contributed by atoms with Crippen LogP contribution in [0.3, 0.4) is 0 Å². The molecule has 1 aliphatic heterocycles. The predicted molar refractivity (Wildman–Crippen MR) is 95.8 cm³/mol. The summed E-state index contributed by atoms with van der Waals surface area (Å²) in [5.41, 5.74) is 0.576. The van der Waals surface area contributed by atoms with Gasteiger partial charge in [-0.3, -0.25) is 9.59 Å². The summed E-state index contributed by atoms with van der Waals surface area (Å²) in [6.07, 6.45) is 0.603. The number of carbonyl (C=O) groups is 2. The van der Waals surface area contributed by atoms with Crippen LogP contribution in [0.5, 0.6) is 0 Å². The average Bonchev–Trinajstić information content (AvgIpc) is 3.04. The molecule has 1 N–H and O–H groups in total. The van der Waals surface area contributed by atoms with Crippen LogP contribution in [-0.4, -0.2) is 45.1 Å². The molecule has 0 spiro atoms. The summed E-state index contributed by atoms with van der Waals surface area (Å²) in [6.45, 7) is 4.56. The number of carboxylic acid groups (broad SMARTS) is 1. The van der Waals surface area contributed by atoms with Crippen LogP contribution < -0.4 is 0 Å². The van der Waals surface area contributed by atoms with E-state index in [-0.39, 0.29) is 18.4 Å². The number of aryl methyl sites for hydroxylation is 1. The Hall–Kier alpha value is -2.35. The minimum Gasteiger partial charge on any atom is -0.481 e. The maximum absolute atomic E-state index is 13.0. The van der Waals surface area contributed by atoms with Crippen LogP contribution in [-0.2, 0) is 10.5 Å². The van der Waals surface area contributed by atoms with Gasteiger partial charge in [0.1, 0.15) is 0 Å². The van der Waals surface area contributed by atoms with Gasteiger partial charge in [-0.1, -0.05) is 24.2 Å². The number of aromatic nitrogens is 2. The fourth-order valence-electron chi connectivity index (χ4n) is 3.17. The van der Waals surface area contributed by atoms with Crippen molar-refractivity contribution >= 4 is 23.6 Å². The predicted octanol–water partition coefficient (Wildman–Crippen LogP) is 2.85. The molecule has 1 fully saturated rings. The molecule has 1 aliphatic rings. The number of aliphatic carboxylic acids is 1. The second kappa shape index (κ2) is 7.90. The number of hydrogen-bond donors (Lipinski definition) is 1. The van der Waals surface area contributed by atoms with E-state index in [4.69, 9.17) is 4.52 Å². The Morgan fingerprint density at radius 1 is 1.35 bits per heavy atom. The van der Waals surface area contributed by atoms with Gasteiger partial charge in [0, 0.05) is 18.0 Å². The monoisotopic (exact) mass is 375 g/mol. The lowest BCUT2D eigenvalue weighted by atomic mass is 9.90. The van der Waals surface area contributed by atoms with Crippen LogP contribution in [0, 0.1) is 18.8 Å². The highest BCUT2D eigenvalue weighted by atomic mass is 32.2. The van der Waals surface area contributed by atoms with Crippen molar-refractivity contribution < 1.29 is 19.2 Å². The molecule has 0 bridgehead atoms. The molecular formula is C18H21N3O4S. The Labute approximate surface area is 155 Å². The van der Waals surface area contributed by atoms with Gasteiger partial charge in [-0.2, -0.15) is 4.98 Å². The van der Waals surface area contributed by atoms with Crippen molar-refractivity contribution in [2.75, 3.05) is 13.1 Å². The summed E-state index contributed by atoms with van der Waals surface area (Å²) in [7, 11) is 0. The molecule has 2 unspecified atom stereocenters. The Kier molecular flexibility index (Phi) is 5.61. The van der Waals surface area contributed by atoms with Crippen molar-refractivity contribution in [3.05, 3.63) is 41.5 Å². The first-order chi connectivity index (χ1) is 12.4. The summed E-state index contributed by atoms with van der Waals surface area (Å²) in [4.78, 5) is 31.0. The Morgan fingerprint density at radius 2 is 2.12 bits per heavy atom. The van der Waals surface area contributed by atoms with E-state index in [0.29, 0.717) is 36.0 Å². The van der Waals surface area contributed by atoms with E-state index < -0.39 is 11.9 Å². The lowest BCUT2D eigenvalue weighted by Gasteiger charge is -2.35. The normalized spacial score (nSPS) is 20.2. The quantitative estimate of drug-likeness (QED) is 0.803. The van der Waals surface area contributed by atoms with E-state index >= 15 is 0 Å². The second-order valence-corrected chi connectivity index (χ2v) is 7.62. The fourth-order valence-corrected chi connectivity index (χ4v) is 4.06. The van der Waals surface area contributed by atoms with Gasteiger partial charge in [0.25, 0.3) is 5.91 Å². The second-order valence-electron chi connectivity index (χ2n) is 6.61. The number of amides is 1. The first-order valence-corrected chi connectivity index (χ1v) is 9.45. The van der Waals surface area contributed by atoms with Crippen molar-refractivity contribution in [2.24, 2.45) is 11.8 Å². The molecule has 0 radical (unpaired) electrons. The smallest absolute Gasteiger partial charge is 0.308 e. The molecule has 26 heavy (non-hydrogen) atoms. The molecule has 1 saturated heterocycles. The molecule has 0 aliphatic carbocycles. The highest BCUT2D eigenvalue weighted by molar-refractivity contribution is 7.98. The fraction of sp³-hybridized carbons (Fsp3) is 0.444. The van der Waals surface area contributed by atoms with Crippen LogP contribution in [0.1, 0.15) is 35.4 Å². The van der Waals surface area contributed by atoms with Gasteiger partial charge in [0.15, 0.2) is 5.82 Å². The molecule has 1 aromatic carbocycles. The van der Waals surface area contributed by atoms with Gasteiger partial charge in [0.05, 0.1) is 17.2 Å². The van der Waals surface area contributed by atoms with Gasteiger partial charge in [-0.05, 0) is 31.4 Å². The molecule has 1 aromatic heterocycles. The third kappa shape index (κ3) is 4.24. The SMILES string of the molecule is Cc1noc(CSc2ccccc2C(=O)N2CC(C)CC(C(=O)O)C2)n1. The number of likely N-dealkylation sites (tertiary alicyclic amines) is 1. The number of nitrogens with zero attached hydrogens (tertiary/aromatic N) is 3. The molecular weight excluding hydrogens is 354 g/mol. The Bertz CT molecular complexity index is 807. The van der Waals surface area contributed by atoms with E-state index in [1.54, 1.807) is 17.9 Å². The lowest BCUT2D eigenvalue weighted by molar-refractivity contribution is -0.143. The van der Waals surface area contributed by atoms with Crippen LogP contribution >= 0.6 is 11.8 Å². The molecule has 8 heteroatoms. The Morgan fingerprint density at radius 3 is 2.81 bits per heavy atom. The van der Waals surface area contributed by atoms with Crippen molar-refractivity contribution in [3.63, 3.8) is 0 Å². The summed E-state index contributed by atoms with van der Waals surface area (Å²) in [6, 6.07) is 7.34. The highest BCUT2D eigenvalue weighted by Crippen LogP contribution is 2.29. The van der Waals surface area contributed by atoms with Crippen molar-refractivity contribution in [1.29, 1.82) is 0 Å². The number of thioether (sulfide) groups is 1. The maximum atomic E-state index is 13.0. The molecule has 3 rings (SSSR count). The standard InChI is InChI=1S/C18H21N3O4S/c1-11-7-13(18(23)24)9-21(8-11)17(22)14-5-3-4-6-15(14)26-10-16-19-12(2)20-25-16/h3-6,11,13H,7-10H2,1-2H3,(H,23,24). The zero-order chi connectivity index (χ0) is 18.7. The summed E-state index contributed by atoms with van der Waals surface area (Å²) >= 11 is 1.45. The highest BCUT2D eigenvalue weighted by Gasteiger charge is 2.32. The maximum Gasteiger partial charge on any atom is 0.308 e. The van der Waals surface area contributed by atoms with E-state index in [9.17, 15) is 14.7 Å². The molecule has 1 amide bonds. The third-order valence-electron chi connectivity index (χ3n) is 4.33. The van der Waals surface area contributed by atoms with Crippen LogP contribution in [0.25, 0.3) is 0 Å². The number of carbonyl (C=O) groups excluding carboxylic acids is 1. The topological polar surface area (TPSA) is 96.5 Å². The molecule has 138 valence electrons.